The van der Waals surface area contributed by atoms with Crippen LogP contribution in [-0.4, -0.2) is 29.8 Å². The minimum absolute atomic E-state index is 0.215. The summed E-state index contributed by atoms with van der Waals surface area (Å²) >= 11 is 0. The third-order valence-electron chi connectivity index (χ3n) is 2.14. The molecule has 1 rings (SSSR count). The number of rotatable bonds is 7. The third-order valence-corrected chi connectivity index (χ3v) is 3.29. The summed E-state index contributed by atoms with van der Waals surface area (Å²) in [5, 5.41) is 7.25. The molecule has 0 aliphatic carbocycles. The Morgan fingerprint density at radius 3 is 2.56 bits per heavy atom. The van der Waals surface area contributed by atoms with Crippen molar-refractivity contribution in [1.29, 1.82) is 0 Å². The van der Waals surface area contributed by atoms with E-state index >= 15 is 0 Å². The molecule has 1 aromatic rings. The predicted octanol–water partition coefficient (Wildman–Crippen LogP) is 1.79. The summed E-state index contributed by atoms with van der Waals surface area (Å²) in [5.74, 6) is 0.736. The fourth-order valence-electron chi connectivity index (χ4n) is 1.46. The molecule has 1 aromatic heterocycles. The van der Waals surface area contributed by atoms with Crippen molar-refractivity contribution in [2.75, 3.05) is 6.61 Å². The van der Waals surface area contributed by atoms with E-state index < -0.39 is 9.05 Å². The molecule has 0 fully saturated rings. The molecule has 6 nitrogen and oxygen atoms in total. The minimum Gasteiger partial charge on any atom is -0.373 e. The molecule has 1 heterocycles. The van der Waals surface area contributed by atoms with E-state index in [0.29, 0.717) is 19.0 Å². The lowest BCUT2D eigenvalue weighted by Gasteiger charge is -2.11. The van der Waals surface area contributed by atoms with Gasteiger partial charge in [0.05, 0.1) is 0 Å². The molecule has 0 bridgehead atoms. The van der Waals surface area contributed by atoms with Crippen LogP contribution in [0.4, 0.5) is 0 Å². The van der Waals surface area contributed by atoms with Gasteiger partial charge >= 0.3 is 0 Å². The first kappa shape index (κ1) is 15.4. The van der Waals surface area contributed by atoms with Gasteiger partial charge in [-0.05, 0) is 12.3 Å². The molecule has 0 N–H and O–H groups in total. The summed E-state index contributed by atoms with van der Waals surface area (Å²) < 4.78 is 29.6. The maximum Gasteiger partial charge on any atom is 0.296 e. The maximum atomic E-state index is 11.4. The van der Waals surface area contributed by atoms with Gasteiger partial charge in [0, 0.05) is 23.8 Å². The van der Waals surface area contributed by atoms with Crippen LogP contribution in [-0.2, 0) is 26.9 Å². The highest BCUT2D eigenvalue weighted by molar-refractivity contribution is 8.13. The molecule has 0 aliphatic heterocycles. The molecule has 8 heteroatoms. The van der Waals surface area contributed by atoms with Gasteiger partial charge in [0.1, 0.15) is 6.61 Å². The number of aromatic nitrogens is 3. The lowest BCUT2D eigenvalue weighted by molar-refractivity contribution is 0.112. The molecular formula is C10H18ClN3O3S. The van der Waals surface area contributed by atoms with Gasteiger partial charge in [0.25, 0.3) is 14.2 Å². The van der Waals surface area contributed by atoms with E-state index in [9.17, 15) is 8.42 Å². The second-order valence-electron chi connectivity index (χ2n) is 4.39. The zero-order chi connectivity index (χ0) is 13.8. The zero-order valence-electron chi connectivity index (χ0n) is 10.8. The van der Waals surface area contributed by atoms with Crippen LogP contribution in [0.1, 0.15) is 33.0 Å². The van der Waals surface area contributed by atoms with Crippen LogP contribution in [0, 0.1) is 5.92 Å². The molecule has 0 radical (unpaired) electrons. The summed E-state index contributed by atoms with van der Waals surface area (Å²) in [5.41, 5.74) is 0. The fraction of sp³-hybridized carbons (Fsp3) is 0.800. The number of halogens is 1. The van der Waals surface area contributed by atoms with Gasteiger partial charge in [0.2, 0.25) is 0 Å². The molecule has 0 saturated heterocycles. The summed E-state index contributed by atoms with van der Waals surface area (Å²) in [6.45, 7) is 7.26. The Bertz CT molecular complexity index is 485. The molecule has 0 aliphatic rings. The second kappa shape index (κ2) is 6.49. The van der Waals surface area contributed by atoms with Crippen LogP contribution in [0.2, 0.25) is 0 Å². The molecule has 0 saturated carbocycles. The summed E-state index contributed by atoms with van der Waals surface area (Å²) in [6, 6.07) is 0. The average Bonchev–Trinajstić information content (AvgIpc) is 2.60. The molecule has 0 spiro atoms. The van der Waals surface area contributed by atoms with Crippen LogP contribution in [0.5, 0.6) is 0 Å². The zero-order valence-corrected chi connectivity index (χ0v) is 12.3. The number of hydrogen-bond donors (Lipinski definition) is 0. The van der Waals surface area contributed by atoms with Gasteiger partial charge in [-0.3, -0.25) is 4.57 Å². The highest BCUT2D eigenvalue weighted by Gasteiger charge is 2.22. The van der Waals surface area contributed by atoms with Crippen molar-refractivity contribution in [3.63, 3.8) is 0 Å². The molecule has 0 atom stereocenters. The Balaban J connectivity index is 3.00. The summed E-state index contributed by atoms with van der Waals surface area (Å²) in [7, 11) is 1.45. The Morgan fingerprint density at radius 2 is 2.06 bits per heavy atom. The number of hydrogen-bond acceptors (Lipinski definition) is 5. The minimum atomic E-state index is -3.88. The van der Waals surface area contributed by atoms with Crippen molar-refractivity contribution in [3.05, 3.63) is 5.82 Å². The lowest BCUT2D eigenvalue weighted by atomic mass is 10.2. The number of ether oxygens (including phenoxy) is 1. The number of nitrogens with zero attached hydrogens (tertiary/aromatic N) is 3. The van der Waals surface area contributed by atoms with E-state index in [0.717, 1.165) is 6.42 Å². The van der Waals surface area contributed by atoms with E-state index in [2.05, 4.69) is 10.2 Å². The SMILES string of the molecule is CCCOCc1nnc(S(=O)(=O)Cl)n1CC(C)C. The van der Waals surface area contributed by atoms with E-state index in [1.807, 2.05) is 20.8 Å². The van der Waals surface area contributed by atoms with Crippen LogP contribution < -0.4 is 0 Å². The Hall–Kier alpha value is -0.660. The van der Waals surface area contributed by atoms with E-state index in [1.54, 1.807) is 0 Å². The molecule has 104 valence electrons. The normalized spacial score (nSPS) is 12.3. The summed E-state index contributed by atoms with van der Waals surface area (Å²) in [4.78, 5) is 0. The topological polar surface area (TPSA) is 74.1 Å². The summed E-state index contributed by atoms with van der Waals surface area (Å²) in [6.07, 6.45) is 0.888. The highest BCUT2D eigenvalue weighted by Crippen LogP contribution is 2.16. The first-order valence-corrected chi connectivity index (χ1v) is 8.11. The van der Waals surface area contributed by atoms with Gasteiger partial charge in [0.15, 0.2) is 5.82 Å². The first-order valence-electron chi connectivity index (χ1n) is 5.80. The highest BCUT2D eigenvalue weighted by atomic mass is 35.7. The van der Waals surface area contributed by atoms with E-state index in [4.69, 9.17) is 15.4 Å². The Kier molecular flexibility index (Phi) is 5.55. The van der Waals surface area contributed by atoms with Gasteiger partial charge in [-0.1, -0.05) is 20.8 Å². The molecule has 0 amide bonds. The van der Waals surface area contributed by atoms with Crippen molar-refractivity contribution in [2.45, 2.75) is 45.5 Å². The van der Waals surface area contributed by atoms with Crippen molar-refractivity contribution < 1.29 is 13.2 Å². The van der Waals surface area contributed by atoms with Crippen molar-refractivity contribution in [3.8, 4) is 0 Å². The third kappa shape index (κ3) is 4.22. The van der Waals surface area contributed by atoms with E-state index in [1.165, 1.54) is 4.57 Å². The molecule has 18 heavy (non-hydrogen) atoms. The fourth-order valence-corrected chi connectivity index (χ4v) is 2.39. The van der Waals surface area contributed by atoms with Crippen LogP contribution >= 0.6 is 10.7 Å². The Labute approximate surface area is 112 Å². The van der Waals surface area contributed by atoms with E-state index in [-0.39, 0.29) is 17.7 Å². The second-order valence-corrected chi connectivity index (χ2v) is 6.85. The van der Waals surface area contributed by atoms with Crippen molar-refractivity contribution in [1.82, 2.24) is 14.8 Å². The van der Waals surface area contributed by atoms with Crippen LogP contribution in [0.3, 0.4) is 0 Å². The van der Waals surface area contributed by atoms with Crippen LogP contribution in [0.25, 0.3) is 0 Å². The van der Waals surface area contributed by atoms with Gasteiger partial charge in [-0.15, -0.1) is 10.2 Å². The van der Waals surface area contributed by atoms with Crippen molar-refractivity contribution in [2.24, 2.45) is 5.92 Å². The smallest absolute Gasteiger partial charge is 0.296 e. The first-order chi connectivity index (χ1) is 8.36. The molecular weight excluding hydrogens is 278 g/mol. The molecule has 0 unspecified atom stereocenters. The van der Waals surface area contributed by atoms with Crippen molar-refractivity contribution >= 4 is 19.7 Å². The standard InChI is InChI=1S/C10H18ClN3O3S/c1-4-5-17-7-9-12-13-10(18(11,15)16)14(9)6-8(2)3/h8H,4-7H2,1-3H3. The van der Waals surface area contributed by atoms with Gasteiger partial charge in [-0.25, -0.2) is 8.42 Å². The monoisotopic (exact) mass is 295 g/mol. The van der Waals surface area contributed by atoms with Crippen LogP contribution in [0.15, 0.2) is 5.16 Å². The average molecular weight is 296 g/mol. The predicted molar refractivity (Wildman–Crippen MR) is 67.8 cm³/mol. The Morgan fingerprint density at radius 1 is 1.39 bits per heavy atom. The largest absolute Gasteiger partial charge is 0.373 e. The lowest BCUT2D eigenvalue weighted by Crippen LogP contribution is -2.14. The quantitative estimate of drug-likeness (QED) is 0.566. The van der Waals surface area contributed by atoms with Gasteiger partial charge < -0.3 is 4.74 Å². The van der Waals surface area contributed by atoms with Gasteiger partial charge in [-0.2, -0.15) is 0 Å². The maximum absolute atomic E-state index is 11.4. The molecule has 0 aromatic carbocycles.